The average Bonchev–Trinajstić information content (AvgIpc) is 2.85. The van der Waals surface area contributed by atoms with Gasteiger partial charge in [-0.2, -0.15) is 0 Å². The molecule has 1 heterocycles. The molecule has 0 spiro atoms. The van der Waals surface area contributed by atoms with Gasteiger partial charge in [0, 0.05) is 11.1 Å². The van der Waals surface area contributed by atoms with Gasteiger partial charge in [0.05, 0.1) is 5.54 Å². The van der Waals surface area contributed by atoms with Crippen molar-refractivity contribution < 1.29 is 0 Å². The summed E-state index contributed by atoms with van der Waals surface area (Å²) in [4.78, 5) is 0. The zero-order chi connectivity index (χ0) is 14.7. The molecule has 1 aromatic carbocycles. The SMILES string of the molecule is C=C1C(C)(C)Nc2c(cc(CC)c3c2CCC3)C1(C)C. The number of rotatable bonds is 1. The maximum Gasteiger partial charge on any atom is 0.0535 e. The van der Waals surface area contributed by atoms with Gasteiger partial charge in [-0.25, -0.2) is 0 Å². The monoisotopic (exact) mass is 269 g/mol. The molecule has 20 heavy (non-hydrogen) atoms. The summed E-state index contributed by atoms with van der Waals surface area (Å²) in [5.74, 6) is 0. The maximum absolute atomic E-state index is 4.41. The van der Waals surface area contributed by atoms with E-state index in [1.54, 1.807) is 16.7 Å². The Labute approximate surface area is 123 Å². The number of anilines is 1. The number of fused-ring (bicyclic) bond motifs is 3. The molecule has 2 aliphatic rings. The zero-order valence-corrected chi connectivity index (χ0v) is 13.6. The van der Waals surface area contributed by atoms with Gasteiger partial charge in [-0.15, -0.1) is 0 Å². The molecule has 1 aliphatic heterocycles. The second kappa shape index (κ2) is 4.13. The lowest BCUT2D eigenvalue weighted by molar-refractivity contribution is 0.488. The summed E-state index contributed by atoms with van der Waals surface area (Å²) in [6.45, 7) is 15.9. The Morgan fingerprint density at radius 1 is 1.15 bits per heavy atom. The topological polar surface area (TPSA) is 12.0 Å². The van der Waals surface area contributed by atoms with E-state index in [9.17, 15) is 0 Å². The molecule has 0 fully saturated rings. The first-order valence-electron chi connectivity index (χ1n) is 7.95. The van der Waals surface area contributed by atoms with Crippen LogP contribution in [-0.2, 0) is 24.7 Å². The minimum atomic E-state index is -0.0272. The van der Waals surface area contributed by atoms with Crippen LogP contribution in [0.2, 0.25) is 0 Å². The van der Waals surface area contributed by atoms with Crippen LogP contribution >= 0.6 is 0 Å². The highest BCUT2D eigenvalue weighted by atomic mass is 15.0. The first-order chi connectivity index (χ1) is 9.29. The Hall–Kier alpha value is -1.24. The van der Waals surface area contributed by atoms with Crippen molar-refractivity contribution in [2.24, 2.45) is 0 Å². The summed E-state index contributed by atoms with van der Waals surface area (Å²) in [7, 11) is 0. The van der Waals surface area contributed by atoms with Crippen molar-refractivity contribution >= 4 is 5.69 Å². The van der Waals surface area contributed by atoms with Crippen LogP contribution in [0.1, 0.15) is 63.3 Å². The quantitative estimate of drug-likeness (QED) is 0.724. The molecular formula is C19H27N. The zero-order valence-electron chi connectivity index (χ0n) is 13.6. The van der Waals surface area contributed by atoms with Crippen LogP contribution in [0.3, 0.4) is 0 Å². The van der Waals surface area contributed by atoms with Crippen molar-refractivity contribution in [3.63, 3.8) is 0 Å². The van der Waals surface area contributed by atoms with Crippen LogP contribution in [0.25, 0.3) is 0 Å². The van der Waals surface area contributed by atoms with Gasteiger partial charge in [0.1, 0.15) is 0 Å². The van der Waals surface area contributed by atoms with Crippen molar-refractivity contribution in [2.45, 2.75) is 71.3 Å². The first kappa shape index (κ1) is 13.7. The Bertz CT molecular complexity index is 590. The lowest BCUT2D eigenvalue weighted by Gasteiger charge is -2.47. The molecule has 0 saturated heterocycles. The molecule has 1 N–H and O–H groups in total. The summed E-state index contributed by atoms with van der Waals surface area (Å²) in [6.07, 6.45) is 4.94. The highest BCUT2D eigenvalue weighted by molar-refractivity contribution is 5.72. The van der Waals surface area contributed by atoms with E-state index in [1.165, 1.54) is 36.1 Å². The molecule has 1 aliphatic carbocycles. The molecule has 3 rings (SSSR count). The standard InChI is InChI=1S/C19H27N/c1-7-13-11-16-17(15-10-8-9-14(13)15)20-19(5,6)12(2)18(16,3)4/h11,20H,2,7-10H2,1,3-6H3. The fraction of sp³-hybridized carbons (Fsp3) is 0.579. The third kappa shape index (κ3) is 1.68. The lowest BCUT2D eigenvalue weighted by Crippen LogP contribution is -2.46. The molecule has 0 atom stereocenters. The first-order valence-corrected chi connectivity index (χ1v) is 7.95. The van der Waals surface area contributed by atoms with Crippen LogP contribution in [-0.4, -0.2) is 5.54 Å². The number of hydrogen-bond donors (Lipinski definition) is 1. The number of nitrogens with one attached hydrogen (secondary N) is 1. The van der Waals surface area contributed by atoms with Crippen molar-refractivity contribution in [2.75, 3.05) is 5.32 Å². The van der Waals surface area contributed by atoms with E-state index in [1.807, 2.05) is 0 Å². The molecule has 1 nitrogen and oxygen atoms in total. The van der Waals surface area contributed by atoms with Crippen molar-refractivity contribution in [1.82, 2.24) is 0 Å². The van der Waals surface area contributed by atoms with Gasteiger partial charge in [0.25, 0.3) is 0 Å². The van der Waals surface area contributed by atoms with Crippen molar-refractivity contribution in [3.05, 3.63) is 40.5 Å². The van der Waals surface area contributed by atoms with E-state index in [2.05, 4.69) is 52.6 Å². The fourth-order valence-electron chi connectivity index (χ4n) is 4.15. The van der Waals surface area contributed by atoms with E-state index < -0.39 is 0 Å². The Morgan fingerprint density at radius 3 is 2.45 bits per heavy atom. The highest BCUT2D eigenvalue weighted by Gasteiger charge is 2.42. The van der Waals surface area contributed by atoms with Gasteiger partial charge in [0.15, 0.2) is 0 Å². The maximum atomic E-state index is 4.41. The van der Waals surface area contributed by atoms with Gasteiger partial charge < -0.3 is 5.32 Å². The number of hydrogen-bond acceptors (Lipinski definition) is 1. The van der Waals surface area contributed by atoms with E-state index in [4.69, 9.17) is 0 Å². The third-order valence-electron chi connectivity index (χ3n) is 5.50. The normalized spacial score (nSPS) is 22.1. The second-order valence-electron chi connectivity index (χ2n) is 7.48. The van der Waals surface area contributed by atoms with E-state index in [0.29, 0.717) is 0 Å². The minimum Gasteiger partial charge on any atom is -0.376 e. The smallest absolute Gasteiger partial charge is 0.0535 e. The Kier molecular flexibility index (Phi) is 2.83. The summed E-state index contributed by atoms with van der Waals surface area (Å²) >= 11 is 0. The average molecular weight is 269 g/mol. The van der Waals surface area contributed by atoms with Gasteiger partial charge in [-0.1, -0.05) is 33.4 Å². The second-order valence-corrected chi connectivity index (χ2v) is 7.48. The molecule has 1 heteroatoms. The largest absolute Gasteiger partial charge is 0.376 e. The van der Waals surface area contributed by atoms with Gasteiger partial charge in [-0.05, 0) is 67.4 Å². The molecule has 108 valence electrons. The van der Waals surface area contributed by atoms with Gasteiger partial charge in [0.2, 0.25) is 0 Å². The lowest BCUT2D eigenvalue weighted by atomic mass is 9.66. The molecule has 0 bridgehead atoms. The molecule has 0 saturated carbocycles. The molecule has 0 amide bonds. The van der Waals surface area contributed by atoms with E-state index >= 15 is 0 Å². The van der Waals surface area contributed by atoms with Crippen molar-refractivity contribution in [1.29, 1.82) is 0 Å². The van der Waals surface area contributed by atoms with Gasteiger partial charge in [-0.3, -0.25) is 0 Å². The Morgan fingerprint density at radius 2 is 1.80 bits per heavy atom. The van der Waals surface area contributed by atoms with E-state index in [-0.39, 0.29) is 11.0 Å². The summed E-state index contributed by atoms with van der Waals surface area (Å²) in [5.41, 5.74) is 8.95. The van der Waals surface area contributed by atoms with Crippen LogP contribution in [0.15, 0.2) is 18.2 Å². The molecular weight excluding hydrogens is 242 g/mol. The summed E-state index contributed by atoms with van der Waals surface area (Å²) in [6, 6.07) is 2.45. The fourth-order valence-corrected chi connectivity index (χ4v) is 4.15. The predicted octanol–water partition coefficient (Wildman–Crippen LogP) is 4.78. The molecule has 0 aromatic heterocycles. The molecule has 1 aromatic rings. The van der Waals surface area contributed by atoms with Crippen molar-refractivity contribution in [3.8, 4) is 0 Å². The van der Waals surface area contributed by atoms with Gasteiger partial charge >= 0.3 is 0 Å². The molecule has 0 radical (unpaired) electrons. The predicted molar refractivity (Wildman–Crippen MR) is 87.7 cm³/mol. The highest BCUT2D eigenvalue weighted by Crippen LogP contribution is 2.50. The van der Waals surface area contributed by atoms with E-state index in [0.717, 1.165) is 6.42 Å². The summed E-state index contributed by atoms with van der Waals surface area (Å²) in [5, 5.41) is 3.79. The molecule has 0 unspecified atom stereocenters. The van der Waals surface area contributed by atoms with Crippen LogP contribution in [0, 0.1) is 0 Å². The van der Waals surface area contributed by atoms with Crippen LogP contribution in [0.4, 0.5) is 5.69 Å². The summed E-state index contributed by atoms with van der Waals surface area (Å²) < 4.78 is 0. The number of benzene rings is 1. The Balaban J connectivity index is 2.30. The third-order valence-corrected chi connectivity index (χ3v) is 5.50. The van der Waals surface area contributed by atoms with Crippen LogP contribution < -0.4 is 5.32 Å². The number of aryl methyl sites for hydroxylation is 1. The minimum absolute atomic E-state index is 0.0272. The van der Waals surface area contributed by atoms with Crippen LogP contribution in [0.5, 0.6) is 0 Å².